The molecule has 0 saturated heterocycles. The van der Waals surface area contributed by atoms with Crippen LogP contribution in [0.2, 0.25) is 5.15 Å². The molecule has 19 heavy (non-hydrogen) atoms. The minimum Gasteiger partial charge on any atom is -0.495 e. The lowest BCUT2D eigenvalue weighted by molar-refractivity contribution is 0.102. The molecule has 1 aromatic carbocycles. The number of aryl methyl sites for hydroxylation is 1. The van der Waals surface area contributed by atoms with E-state index in [2.05, 4.69) is 10.3 Å². The largest absolute Gasteiger partial charge is 0.495 e. The number of hydrogen-bond acceptors (Lipinski definition) is 3. The number of hydrogen-bond donors (Lipinski definition) is 1. The van der Waals surface area contributed by atoms with Crippen LogP contribution in [-0.2, 0) is 0 Å². The molecular weight excluding hydrogens is 264 g/mol. The van der Waals surface area contributed by atoms with Crippen LogP contribution in [0.3, 0.4) is 0 Å². The minimum atomic E-state index is -0.258. The molecule has 2 aromatic rings. The lowest BCUT2D eigenvalue weighted by Crippen LogP contribution is -2.12. The highest BCUT2D eigenvalue weighted by Crippen LogP contribution is 2.25. The van der Waals surface area contributed by atoms with Gasteiger partial charge in [-0.25, -0.2) is 4.98 Å². The Kier molecular flexibility index (Phi) is 4.02. The SMILES string of the molecule is COc1cc(C)ccc1NC(=O)c1ccnc(Cl)c1. The second-order valence-electron chi connectivity index (χ2n) is 4.03. The van der Waals surface area contributed by atoms with E-state index in [1.54, 1.807) is 19.2 Å². The molecule has 0 unspecified atom stereocenters. The smallest absolute Gasteiger partial charge is 0.255 e. The molecule has 1 amide bonds. The predicted molar refractivity (Wildman–Crippen MR) is 74.9 cm³/mol. The Hall–Kier alpha value is -2.07. The van der Waals surface area contributed by atoms with Crippen molar-refractivity contribution in [1.82, 2.24) is 4.98 Å². The summed E-state index contributed by atoms with van der Waals surface area (Å²) in [7, 11) is 1.56. The molecule has 0 aliphatic rings. The maximum absolute atomic E-state index is 12.1. The minimum absolute atomic E-state index is 0.258. The lowest BCUT2D eigenvalue weighted by Gasteiger charge is -2.10. The summed E-state index contributed by atoms with van der Waals surface area (Å²) in [5.74, 6) is 0.361. The Morgan fingerprint density at radius 1 is 1.32 bits per heavy atom. The fourth-order valence-electron chi connectivity index (χ4n) is 1.64. The molecular formula is C14H13ClN2O2. The summed E-state index contributed by atoms with van der Waals surface area (Å²) in [5, 5.41) is 3.06. The van der Waals surface area contributed by atoms with Crippen molar-refractivity contribution in [2.75, 3.05) is 12.4 Å². The number of ether oxygens (including phenoxy) is 1. The predicted octanol–water partition coefficient (Wildman–Crippen LogP) is 3.30. The number of pyridine rings is 1. The summed E-state index contributed by atoms with van der Waals surface area (Å²) < 4.78 is 5.23. The third-order valence-corrected chi connectivity index (χ3v) is 2.80. The summed E-state index contributed by atoms with van der Waals surface area (Å²) in [6, 6.07) is 8.67. The van der Waals surface area contributed by atoms with Crippen LogP contribution in [-0.4, -0.2) is 18.0 Å². The quantitative estimate of drug-likeness (QED) is 0.875. The number of nitrogens with zero attached hydrogens (tertiary/aromatic N) is 1. The first kappa shape index (κ1) is 13.4. The van der Waals surface area contributed by atoms with Crippen LogP contribution in [0.1, 0.15) is 15.9 Å². The monoisotopic (exact) mass is 276 g/mol. The fourth-order valence-corrected chi connectivity index (χ4v) is 1.81. The van der Waals surface area contributed by atoms with Gasteiger partial charge in [0.1, 0.15) is 10.9 Å². The van der Waals surface area contributed by atoms with Crippen LogP contribution in [0.4, 0.5) is 5.69 Å². The van der Waals surface area contributed by atoms with E-state index in [1.165, 1.54) is 12.3 Å². The molecule has 0 aliphatic carbocycles. The molecule has 2 rings (SSSR count). The van der Waals surface area contributed by atoms with Gasteiger partial charge in [0.15, 0.2) is 0 Å². The van der Waals surface area contributed by atoms with Crippen LogP contribution < -0.4 is 10.1 Å². The molecule has 1 heterocycles. The molecule has 98 valence electrons. The average Bonchev–Trinajstić information content (AvgIpc) is 2.40. The molecule has 0 saturated carbocycles. The number of benzene rings is 1. The van der Waals surface area contributed by atoms with Crippen molar-refractivity contribution < 1.29 is 9.53 Å². The highest BCUT2D eigenvalue weighted by Gasteiger charge is 2.10. The Balaban J connectivity index is 2.24. The van der Waals surface area contributed by atoms with Crippen LogP contribution in [0.5, 0.6) is 5.75 Å². The molecule has 5 heteroatoms. The van der Waals surface area contributed by atoms with Crippen LogP contribution in [0, 0.1) is 6.92 Å². The van der Waals surface area contributed by atoms with E-state index in [0.29, 0.717) is 17.0 Å². The zero-order valence-electron chi connectivity index (χ0n) is 10.6. The van der Waals surface area contributed by atoms with E-state index in [1.807, 2.05) is 19.1 Å². The first-order chi connectivity index (χ1) is 9.10. The molecule has 0 atom stereocenters. The maximum Gasteiger partial charge on any atom is 0.255 e. The van der Waals surface area contributed by atoms with Gasteiger partial charge in [-0.05, 0) is 36.8 Å². The number of halogens is 1. The van der Waals surface area contributed by atoms with E-state index in [0.717, 1.165) is 5.56 Å². The van der Waals surface area contributed by atoms with Crippen molar-refractivity contribution in [3.8, 4) is 5.75 Å². The fraction of sp³-hybridized carbons (Fsp3) is 0.143. The van der Waals surface area contributed by atoms with Gasteiger partial charge in [-0.15, -0.1) is 0 Å². The van der Waals surface area contributed by atoms with Crippen molar-refractivity contribution in [3.63, 3.8) is 0 Å². The average molecular weight is 277 g/mol. The van der Waals surface area contributed by atoms with Gasteiger partial charge >= 0.3 is 0 Å². The van der Waals surface area contributed by atoms with Crippen LogP contribution in [0.15, 0.2) is 36.5 Å². The Bertz CT molecular complexity index is 614. The van der Waals surface area contributed by atoms with Crippen molar-refractivity contribution >= 4 is 23.2 Å². The maximum atomic E-state index is 12.1. The summed E-state index contributed by atoms with van der Waals surface area (Å²) in [4.78, 5) is 15.9. The zero-order chi connectivity index (χ0) is 13.8. The van der Waals surface area contributed by atoms with Gasteiger partial charge in [-0.2, -0.15) is 0 Å². The van der Waals surface area contributed by atoms with Crippen molar-refractivity contribution in [2.45, 2.75) is 6.92 Å². The topological polar surface area (TPSA) is 51.2 Å². The van der Waals surface area contributed by atoms with Gasteiger partial charge < -0.3 is 10.1 Å². The molecule has 0 aliphatic heterocycles. The van der Waals surface area contributed by atoms with E-state index in [9.17, 15) is 4.79 Å². The zero-order valence-corrected chi connectivity index (χ0v) is 11.4. The number of amides is 1. The molecule has 0 bridgehead atoms. The van der Waals surface area contributed by atoms with Crippen molar-refractivity contribution in [2.24, 2.45) is 0 Å². The molecule has 0 fully saturated rings. The molecule has 1 aromatic heterocycles. The number of carbonyl (C=O) groups excluding carboxylic acids is 1. The summed E-state index contributed by atoms with van der Waals surface area (Å²) in [5.41, 5.74) is 2.12. The lowest BCUT2D eigenvalue weighted by atomic mass is 10.2. The third kappa shape index (κ3) is 3.23. The van der Waals surface area contributed by atoms with Crippen molar-refractivity contribution in [3.05, 3.63) is 52.8 Å². The van der Waals surface area contributed by atoms with E-state index < -0.39 is 0 Å². The van der Waals surface area contributed by atoms with Gasteiger partial charge in [0.25, 0.3) is 5.91 Å². The van der Waals surface area contributed by atoms with E-state index in [-0.39, 0.29) is 11.1 Å². The molecule has 0 radical (unpaired) electrons. The standard InChI is InChI=1S/C14H13ClN2O2/c1-9-3-4-11(12(7-9)19-2)17-14(18)10-5-6-16-13(15)8-10/h3-8H,1-2H3,(H,17,18). The van der Waals surface area contributed by atoms with Gasteiger partial charge in [-0.3, -0.25) is 4.79 Å². The van der Waals surface area contributed by atoms with Crippen molar-refractivity contribution in [1.29, 1.82) is 0 Å². The number of nitrogens with one attached hydrogen (secondary N) is 1. The Morgan fingerprint density at radius 2 is 2.11 bits per heavy atom. The summed E-state index contributed by atoms with van der Waals surface area (Å²) in [6.45, 7) is 1.96. The third-order valence-electron chi connectivity index (χ3n) is 2.59. The summed E-state index contributed by atoms with van der Waals surface area (Å²) >= 11 is 5.76. The summed E-state index contributed by atoms with van der Waals surface area (Å²) in [6.07, 6.45) is 1.49. The normalized spacial score (nSPS) is 10.1. The van der Waals surface area contributed by atoms with Gasteiger partial charge in [0.05, 0.1) is 12.8 Å². The number of carbonyl (C=O) groups is 1. The Morgan fingerprint density at radius 3 is 2.79 bits per heavy atom. The Labute approximate surface area is 116 Å². The highest BCUT2D eigenvalue weighted by molar-refractivity contribution is 6.29. The first-order valence-corrected chi connectivity index (χ1v) is 6.05. The van der Waals surface area contributed by atoms with E-state index in [4.69, 9.17) is 16.3 Å². The number of aromatic nitrogens is 1. The van der Waals surface area contributed by atoms with Gasteiger partial charge in [0.2, 0.25) is 0 Å². The molecule has 1 N–H and O–H groups in total. The number of methoxy groups -OCH3 is 1. The molecule has 4 nitrogen and oxygen atoms in total. The number of anilines is 1. The molecule has 0 spiro atoms. The van der Waals surface area contributed by atoms with E-state index >= 15 is 0 Å². The van der Waals surface area contributed by atoms with Crippen LogP contribution in [0.25, 0.3) is 0 Å². The number of rotatable bonds is 3. The van der Waals surface area contributed by atoms with Crippen LogP contribution >= 0.6 is 11.6 Å². The second-order valence-corrected chi connectivity index (χ2v) is 4.41. The first-order valence-electron chi connectivity index (χ1n) is 5.67. The van der Waals surface area contributed by atoms with Gasteiger partial charge in [-0.1, -0.05) is 17.7 Å². The van der Waals surface area contributed by atoms with Gasteiger partial charge in [0, 0.05) is 11.8 Å². The second kappa shape index (κ2) is 5.71. The highest BCUT2D eigenvalue weighted by atomic mass is 35.5.